The summed E-state index contributed by atoms with van der Waals surface area (Å²) >= 11 is 5.84. The first kappa shape index (κ1) is 19.9. The van der Waals surface area contributed by atoms with Gasteiger partial charge in [0.1, 0.15) is 22.8 Å². The van der Waals surface area contributed by atoms with Gasteiger partial charge in [-0.05, 0) is 54.6 Å². The fourth-order valence-corrected chi connectivity index (χ4v) is 4.38. The normalized spacial score (nSPS) is 16.1. The Hall–Kier alpha value is -2.42. The summed E-state index contributed by atoms with van der Waals surface area (Å²) in [6, 6.07) is 11.4. The van der Waals surface area contributed by atoms with Crippen molar-refractivity contribution >= 4 is 43.9 Å². The lowest BCUT2D eigenvalue weighted by Crippen LogP contribution is -2.41. The first-order valence-corrected chi connectivity index (χ1v) is 11.5. The van der Waals surface area contributed by atoms with Gasteiger partial charge < -0.3 is 10.1 Å². The minimum atomic E-state index is -3.13. The average molecular weight is 433 g/mol. The first-order valence-electron chi connectivity index (χ1n) is 9.27. The second-order valence-corrected chi connectivity index (χ2v) is 9.39. The second-order valence-electron chi connectivity index (χ2n) is 7.02. The van der Waals surface area contributed by atoms with Crippen molar-refractivity contribution in [2.45, 2.75) is 18.9 Å². The number of benzene rings is 1. The molecule has 0 radical (unpaired) electrons. The van der Waals surface area contributed by atoms with Gasteiger partial charge in [-0.1, -0.05) is 11.6 Å². The molecule has 2 aromatic heterocycles. The monoisotopic (exact) mass is 432 g/mol. The largest absolute Gasteiger partial charge is 0.490 e. The number of pyridine rings is 2. The molecular formula is C20H21ClN4O3S. The Balaban J connectivity index is 1.48. The fourth-order valence-electron chi connectivity index (χ4n) is 3.39. The van der Waals surface area contributed by atoms with Crippen molar-refractivity contribution in [2.75, 3.05) is 24.7 Å². The molecule has 1 aromatic carbocycles. The average Bonchev–Trinajstić information content (AvgIpc) is 2.69. The zero-order valence-corrected chi connectivity index (χ0v) is 17.4. The molecule has 0 spiro atoms. The molecule has 0 saturated carbocycles. The number of rotatable bonds is 5. The molecule has 9 heteroatoms. The number of hydrogen-bond donors (Lipinski definition) is 1. The van der Waals surface area contributed by atoms with E-state index in [0.29, 0.717) is 31.1 Å². The summed E-state index contributed by atoms with van der Waals surface area (Å²) in [6.07, 6.45) is 6.00. The molecule has 29 heavy (non-hydrogen) atoms. The van der Waals surface area contributed by atoms with Crippen molar-refractivity contribution in [3.8, 4) is 5.75 Å². The van der Waals surface area contributed by atoms with Gasteiger partial charge in [-0.25, -0.2) is 22.7 Å². The van der Waals surface area contributed by atoms with E-state index in [2.05, 4.69) is 15.3 Å². The van der Waals surface area contributed by atoms with Crippen LogP contribution in [0.15, 0.2) is 48.8 Å². The third-order valence-electron chi connectivity index (χ3n) is 4.90. The minimum Gasteiger partial charge on any atom is -0.490 e. The molecule has 1 fully saturated rings. The van der Waals surface area contributed by atoms with Crippen molar-refractivity contribution in [1.29, 1.82) is 0 Å². The maximum absolute atomic E-state index is 11.6. The molecule has 3 aromatic rings. The molecule has 1 aliphatic heterocycles. The summed E-state index contributed by atoms with van der Waals surface area (Å²) in [6.45, 7) is 0.981. The Morgan fingerprint density at radius 2 is 1.93 bits per heavy atom. The highest BCUT2D eigenvalue weighted by Crippen LogP contribution is 2.29. The molecule has 152 valence electrons. The summed E-state index contributed by atoms with van der Waals surface area (Å²) in [5.41, 5.74) is 0.798. The minimum absolute atomic E-state index is 0.00465. The van der Waals surface area contributed by atoms with E-state index in [-0.39, 0.29) is 6.10 Å². The van der Waals surface area contributed by atoms with Crippen LogP contribution < -0.4 is 10.1 Å². The molecule has 4 rings (SSSR count). The topological polar surface area (TPSA) is 84.4 Å². The molecule has 1 N–H and O–H groups in total. The summed E-state index contributed by atoms with van der Waals surface area (Å²) < 4.78 is 30.9. The number of nitrogens with one attached hydrogen (secondary N) is 1. The Morgan fingerprint density at radius 3 is 2.62 bits per heavy atom. The van der Waals surface area contributed by atoms with Crippen LogP contribution in [0.4, 0.5) is 11.5 Å². The third-order valence-corrected chi connectivity index (χ3v) is 6.43. The highest BCUT2D eigenvalue weighted by molar-refractivity contribution is 7.88. The SMILES string of the molecule is CS(=O)(=O)N1CCC(Oc2ccc3c(Nc4ccc(Cl)nc4)nccc3c2)CC1. The van der Waals surface area contributed by atoms with Gasteiger partial charge in [0.25, 0.3) is 0 Å². The number of sulfonamides is 1. The maximum Gasteiger partial charge on any atom is 0.211 e. The predicted octanol–water partition coefficient (Wildman–Crippen LogP) is 3.83. The van der Waals surface area contributed by atoms with Crippen molar-refractivity contribution in [3.63, 3.8) is 0 Å². The number of anilines is 2. The van der Waals surface area contributed by atoms with E-state index in [0.717, 1.165) is 28.0 Å². The Kier molecular flexibility index (Phi) is 5.58. The summed E-state index contributed by atoms with van der Waals surface area (Å²) in [4.78, 5) is 8.50. The number of fused-ring (bicyclic) bond motifs is 1. The van der Waals surface area contributed by atoms with Crippen LogP contribution in [0, 0.1) is 0 Å². The van der Waals surface area contributed by atoms with Gasteiger partial charge in [0.05, 0.1) is 18.1 Å². The lowest BCUT2D eigenvalue weighted by Gasteiger charge is -2.30. The number of aromatic nitrogens is 2. The number of halogens is 1. The third kappa shape index (κ3) is 4.77. The summed E-state index contributed by atoms with van der Waals surface area (Å²) in [5.74, 6) is 1.49. The molecular weight excluding hydrogens is 412 g/mol. The standard InChI is InChI=1S/C20H21ClN4O3S/c1-29(26,27)25-10-7-16(8-11-25)28-17-3-4-18-14(12-17)6-9-22-20(18)24-15-2-5-19(21)23-13-15/h2-6,9,12-13,16H,7-8,10-11H2,1H3,(H,22,24). The van der Waals surface area contributed by atoms with Crippen molar-refractivity contribution in [2.24, 2.45) is 0 Å². The van der Waals surface area contributed by atoms with Crippen LogP contribution in [0.5, 0.6) is 5.75 Å². The van der Waals surface area contributed by atoms with Crippen molar-refractivity contribution in [1.82, 2.24) is 14.3 Å². The van der Waals surface area contributed by atoms with Gasteiger partial charge in [-0.3, -0.25) is 0 Å². The zero-order chi connectivity index (χ0) is 20.4. The molecule has 0 unspecified atom stereocenters. The molecule has 0 amide bonds. The lowest BCUT2D eigenvalue weighted by molar-refractivity contribution is 0.135. The number of hydrogen-bond acceptors (Lipinski definition) is 6. The van der Waals surface area contributed by atoms with Gasteiger partial charge in [0, 0.05) is 24.7 Å². The highest BCUT2D eigenvalue weighted by atomic mass is 35.5. The molecule has 7 nitrogen and oxygen atoms in total. The van der Waals surface area contributed by atoms with E-state index in [1.54, 1.807) is 18.5 Å². The molecule has 1 saturated heterocycles. The summed E-state index contributed by atoms with van der Waals surface area (Å²) in [7, 11) is -3.13. The van der Waals surface area contributed by atoms with Gasteiger partial charge >= 0.3 is 0 Å². The molecule has 1 aliphatic rings. The van der Waals surface area contributed by atoms with E-state index < -0.39 is 10.0 Å². The van der Waals surface area contributed by atoms with Gasteiger partial charge in [0.15, 0.2) is 0 Å². The van der Waals surface area contributed by atoms with Gasteiger partial charge in [0.2, 0.25) is 10.0 Å². The number of piperidine rings is 1. The van der Waals surface area contributed by atoms with Gasteiger partial charge in [-0.2, -0.15) is 0 Å². The van der Waals surface area contributed by atoms with Crippen LogP contribution in [0.2, 0.25) is 5.15 Å². The predicted molar refractivity (Wildman–Crippen MR) is 114 cm³/mol. The van der Waals surface area contributed by atoms with Crippen LogP contribution in [0.25, 0.3) is 10.8 Å². The Labute approximate surface area is 174 Å². The van der Waals surface area contributed by atoms with Gasteiger partial charge in [-0.15, -0.1) is 0 Å². The van der Waals surface area contributed by atoms with E-state index in [4.69, 9.17) is 16.3 Å². The highest BCUT2D eigenvalue weighted by Gasteiger charge is 2.25. The Bertz CT molecular complexity index is 1110. The van der Waals surface area contributed by atoms with Crippen LogP contribution in [0.3, 0.4) is 0 Å². The van der Waals surface area contributed by atoms with Crippen molar-refractivity contribution < 1.29 is 13.2 Å². The molecule has 0 atom stereocenters. The zero-order valence-electron chi connectivity index (χ0n) is 15.9. The molecule has 0 bridgehead atoms. The Morgan fingerprint density at radius 1 is 1.14 bits per heavy atom. The van der Waals surface area contributed by atoms with E-state index in [1.807, 2.05) is 30.3 Å². The van der Waals surface area contributed by atoms with E-state index in [9.17, 15) is 8.42 Å². The number of nitrogens with zero attached hydrogens (tertiary/aromatic N) is 3. The first-order chi connectivity index (χ1) is 13.9. The quantitative estimate of drug-likeness (QED) is 0.617. The lowest BCUT2D eigenvalue weighted by atomic mass is 10.1. The smallest absolute Gasteiger partial charge is 0.211 e. The van der Waals surface area contributed by atoms with Crippen molar-refractivity contribution in [3.05, 3.63) is 53.9 Å². The van der Waals surface area contributed by atoms with Crippen LogP contribution in [0.1, 0.15) is 12.8 Å². The number of ether oxygens (including phenoxy) is 1. The van der Waals surface area contributed by atoms with E-state index in [1.165, 1.54) is 10.6 Å². The van der Waals surface area contributed by atoms with Crippen LogP contribution >= 0.6 is 11.6 Å². The van der Waals surface area contributed by atoms with Crippen LogP contribution in [-0.4, -0.2) is 48.1 Å². The fraction of sp³-hybridized carbons (Fsp3) is 0.300. The second kappa shape index (κ2) is 8.14. The summed E-state index contributed by atoms with van der Waals surface area (Å²) in [5, 5.41) is 5.65. The van der Waals surface area contributed by atoms with Crippen LogP contribution in [-0.2, 0) is 10.0 Å². The van der Waals surface area contributed by atoms with E-state index >= 15 is 0 Å². The molecule has 0 aliphatic carbocycles. The maximum atomic E-state index is 11.6. The molecule has 3 heterocycles.